The van der Waals surface area contributed by atoms with Gasteiger partial charge in [-0.15, -0.1) is 0 Å². The van der Waals surface area contributed by atoms with Gasteiger partial charge in [0.05, 0.1) is 18.6 Å². The van der Waals surface area contributed by atoms with E-state index in [4.69, 9.17) is 4.74 Å². The highest BCUT2D eigenvalue weighted by molar-refractivity contribution is 7.89. The van der Waals surface area contributed by atoms with Crippen LogP contribution in [0.5, 0.6) is 5.75 Å². The van der Waals surface area contributed by atoms with Crippen molar-refractivity contribution < 1.29 is 22.7 Å². The number of rotatable bonds is 7. The molecule has 0 bridgehead atoms. The first-order valence-electron chi connectivity index (χ1n) is 9.52. The van der Waals surface area contributed by atoms with Gasteiger partial charge in [-0.2, -0.15) is 4.31 Å². The van der Waals surface area contributed by atoms with E-state index in [0.29, 0.717) is 37.6 Å². The molecule has 2 atom stereocenters. The lowest BCUT2D eigenvalue weighted by Crippen LogP contribution is -2.48. The predicted molar refractivity (Wildman–Crippen MR) is 103 cm³/mol. The van der Waals surface area contributed by atoms with Crippen molar-refractivity contribution in [3.8, 4) is 5.75 Å². The smallest absolute Gasteiger partial charge is 0.243 e. The molecule has 2 amide bonds. The number of nitrogens with zero attached hydrogens (tertiary/aromatic N) is 1. The van der Waals surface area contributed by atoms with Crippen LogP contribution in [0.3, 0.4) is 0 Å². The van der Waals surface area contributed by atoms with Crippen LogP contribution in [-0.4, -0.2) is 57.3 Å². The van der Waals surface area contributed by atoms with E-state index in [9.17, 15) is 18.0 Å². The zero-order chi connectivity index (χ0) is 20.3. The number of benzene rings is 1. The molecule has 0 aromatic heterocycles. The van der Waals surface area contributed by atoms with Gasteiger partial charge in [0.25, 0.3) is 0 Å². The second kappa shape index (κ2) is 8.48. The van der Waals surface area contributed by atoms with Gasteiger partial charge in [-0.05, 0) is 49.4 Å². The van der Waals surface area contributed by atoms with E-state index in [1.54, 1.807) is 12.1 Å². The largest absolute Gasteiger partial charge is 0.497 e. The van der Waals surface area contributed by atoms with E-state index in [-0.39, 0.29) is 35.2 Å². The number of hydrogen-bond acceptors (Lipinski definition) is 5. The second-order valence-corrected chi connectivity index (χ2v) is 9.40. The molecule has 1 aromatic rings. The van der Waals surface area contributed by atoms with E-state index in [1.165, 1.54) is 23.5 Å². The quantitative estimate of drug-likeness (QED) is 0.691. The molecule has 2 N–H and O–H groups in total. The van der Waals surface area contributed by atoms with Crippen LogP contribution >= 0.6 is 0 Å². The summed E-state index contributed by atoms with van der Waals surface area (Å²) in [5, 5.41) is 5.54. The molecule has 1 saturated carbocycles. The van der Waals surface area contributed by atoms with Gasteiger partial charge in [0.1, 0.15) is 5.75 Å². The van der Waals surface area contributed by atoms with Crippen molar-refractivity contribution in [3.05, 3.63) is 24.3 Å². The highest BCUT2D eigenvalue weighted by Crippen LogP contribution is 2.37. The summed E-state index contributed by atoms with van der Waals surface area (Å²) >= 11 is 0. The number of carbonyl (C=O) groups is 2. The number of nitrogens with one attached hydrogen (secondary N) is 2. The lowest BCUT2D eigenvalue weighted by molar-refractivity contribution is -0.127. The van der Waals surface area contributed by atoms with Gasteiger partial charge in [0, 0.05) is 25.0 Å². The maximum atomic E-state index is 12.7. The van der Waals surface area contributed by atoms with Crippen LogP contribution in [0.25, 0.3) is 0 Å². The molecule has 1 heterocycles. The molecule has 8 nitrogen and oxygen atoms in total. The Morgan fingerprint density at radius 3 is 2.32 bits per heavy atom. The average Bonchev–Trinajstić information content (AvgIpc) is 3.43. The molecule has 28 heavy (non-hydrogen) atoms. The SMILES string of the molecule is COc1ccc(S(=O)(=O)N2CCC(NC(=O)CNC(=O)[C@H]3C[C@H]3C)CC2)cc1. The molecule has 2 fully saturated rings. The molecule has 0 radical (unpaired) electrons. The molecule has 0 unspecified atom stereocenters. The maximum absolute atomic E-state index is 12.7. The third-order valence-corrected chi connectivity index (χ3v) is 7.30. The van der Waals surface area contributed by atoms with Crippen LogP contribution in [0.1, 0.15) is 26.2 Å². The lowest BCUT2D eigenvalue weighted by atomic mass is 10.1. The average molecular weight is 410 g/mol. The van der Waals surface area contributed by atoms with Gasteiger partial charge in [-0.1, -0.05) is 6.92 Å². The zero-order valence-electron chi connectivity index (χ0n) is 16.2. The minimum Gasteiger partial charge on any atom is -0.497 e. The standard InChI is InChI=1S/C19H27N3O5S/c1-13-11-17(13)19(24)20-12-18(23)21-14-7-9-22(10-8-14)28(25,26)16-5-3-15(27-2)4-6-16/h3-6,13-14,17H,7-12H2,1-2H3,(H,20,24)(H,21,23)/t13-,17+/m1/s1. The van der Waals surface area contributed by atoms with Crippen LogP contribution in [0.4, 0.5) is 0 Å². The fraction of sp³-hybridized carbons (Fsp3) is 0.579. The van der Waals surface area contributed by atoms with Gasteiger partial charge in [0.2, 0.25) is 21.8 Å². The van der Waals surface area contributed by atoms with Crippen molar-refractivity contribution in [3.63, 3.8) is 0 Å². The third kappa shape index (κ3) is 4.82. The summed E-state index contributed by atoms with van der Waals surface area (Å²) in [4.78, 5) is 24.0. The Balaban J connectivity index is 1.45. The summed E-state index contributed by atoms with van der Waals surface area (Å²) in [5.41, 5.74) is 0. The van der Waals surface area contributed by atoms with Gasteiger partial charge >= 0.3 is 0 Å². The number of carbonyl (C=O) groups excluding carboxylic acids is 2. The molecule has 1 saturated heterocycles. The molecule has 1 aromatic carbocycles. The van der Waals surface area contributed by atoms with E-state index in [2.05, 4.69) is 10.6 Å². The predicted octanol–water partition coefficient (Wildman–Crippen LogP) is 0.737. The fourth-order valence-electron chi connectivity index (χ4n) is 3.40. The summed E-state index contributed by atoms with van der Waals surface area (Å²) < 4.78 is 32.0. The highest BCUT2D eigenvalue weighted by atomic mass is 32.2. The van der Waals surface area contributed by atoms with Crippen LogP contribution < -0.4 is 15.4 Å². The summed E-state index contributed by atoms with van der Waals surface area (Å²) in [6.07, 6.45) is 1.96. The number of piperidine rings is 1. The van der Waals surface area contributed by atoms with E-state index < -0.39 is 10.0 Å². The Morgan fingerprint density at radius 2 is 1.79 bits per heavy atom. The van der Waals surface area contributed by atoms with Gasteiger partial charge < -0.3 is 15.4 Å². The molecule has 1 aliphatic heterocycles. The van der Waals surface area contributed by atoms with Crippen LogP contribution in [0.15, 0.2) is 29.2 Å². The van der Waals surface area contributed by atoms with Gasteiger partial charge in [-0.25, -0.2) is 8.42 Å². The zero-order valence-corrected chi connectivity index (χ0v) is 17.0. The summed E-state index contributed by atoms with van der Waals surface area (Å²) in [6.45, 7) is 2.65. The van der Waals surface area contributed by atoms with Crippen molar-refractivity contribution in [2.45, 2.75) is 37.1 Å². The molecular formula is C19H27N3O5S. The molecule has 1 aliphatic carbocycles. The number of methoxy groups -OCH3 is 1. The molecule has 2 aliphatic rings. The number of amides is 2. The highest BCUT2D eigenvalue weighted by Gasteiger charge is 2.39. The van der Waals surface area contributed by atoms with Crippen molar-refractivity contribution in [1.29, 1.82) is 0 Å². The second-order valence-electron chi connectivity index (χ2n) is 7.46. The van der Waals surface area contributed by atoms with Crippen LogP contribution in [-0.2, 0) is 19.6 Å². The fourth-order valence-corrected chi connectivity index (χ4v) is 4.87. The summed E-state index contributed by atoms with van der Waals surface area (Å²) in [5.74, 6) is 0.740. The molecule has 9 heteroatoms. The van der Waals surface area contributed by atoms with Crippen LogP contribution in [0.2, 0.25) is 0 Å². The van der Waals surface area contributed by atoms with Crippen molar-refractivity contribution in [1.82, 2.24) is 14.9 Å². The van der Waals surface area contributed by atoms with E-state index in [1.807, 2.05) is 6.92 Å². The normalized spacial score (nSPS) is 23.1. The van der Waals surface area contributed by atoms with Crippen molar-refractivity contribution in [2.75, 3.05) is 26.7 Å². The maximum Gasteiger partial charge on any atom is 0.243 e. The first-order valence-corrected chi connectivity index (χ1v) is 11.0. The van der Waals surface area contributed by atoms with E-state index >= 15 is 0 Å². The Hall–Kier alpha value is -2.13. The molecule has 154 valence electrons. The number of hydrogen-bond donors (Lipinski definition) is 2. The van der Waals surface area contributed by atoms with Crippen molar-refractivity contribution >= 4 is 21.8 Å². The first kappa shape index (κ1) is 20.6. The molecule has 0 spiro atoms. The minimum absolute atomic E-state index is 0.0353. The Kier molecular flexibility index (Phi) is 6.24. The third-order valence-electron chi connectivity index (χ3n) is 5.39. The Morgan fingerprint density at radius 1 is 1.18 bits per heavy atom. The number of ether oxygens (including phenoxy) is 1. The number of sulfonamides is 1. The monoisotopic (exact) mass is 409 g/mol. The lowest BCUT2D eigenvalue weighted by Gasteiger charge is -2.31. The van der Waals surface area contributed by atoms with Crippen LogP contribution in [0, 0.1) is 11.8 Å². The summed E-state index contributed by atoms with van der Waals surface area (Å²) in [7, 11) is -2.03. The Labute approximate surface area is 165 Å². The topological polar surface area (TPSA) is 105 Å². The summed E-state index contributed by atoms with van der Waals surface area (Å²) in [6, 6.07) is 6.22. The molecular weight excluding hydrogens is 382 g/mol. The van der Waals surface area contributed by atoms with Gasteiger partial charge in [0.15, 0.2) is 0 Å². The first-order chi connectivity index (χ1) is 13.3. The van der Waals surface area contributed by atoms with Gasteiger partial charge in [-0.3, -0.25) is 9.59 Å². The molecule has 3 rings (SSSR count). The van der Waals surface area contributed by atoms with Crippen molar-refractivity contribution in [2.24, 2.45) is 11.8 Å². The minimum atomic E-state index is -3.56. The van der Waals surface area contributed by atoms with E-state index in [0.717, 1.165) is 6.42 Å². The Bertz CT molecular complexity index is 816.